The van der Waals surface area contributed by atoms with Crippen molar-refractivity contribution in [1.82, 2.24) is 10.6 Å². The van der Waals surface area contributed by atoms with Crippen LogP contribution in [0.25, 0.3) is 0 Å². The Hall–Kier alpha value is -1.84. The Morgan fingerprint density at radius 3 is 1.57 bits per heavy atom. The summed E-state index contributed by atoms with van der Waals surface area (Å²) >= 11 is 0. The highest BCUT2D eigenvalue weighted by atomic mass is 16.2. The van der Waals surface area contributed by atoms with Gasteiger partial charge in [-0.2, -0.15) is 0 Å². The normalized spacial score (nSPS) is 12.5. The van der Waals surface area contributed by atoms with Gasteiger partial charge in [0.15, 0.2) is 0 Å². The number of nitrogens with one attached hydrogen (secondary N) is 2. The summed E-state index contributed by atoms with van der Waals surface area (Å²) in [4.78, 5) is 24.3. The first kappa shape index (κ1) is 40.2. The summed E-state index contributed by atoms with van der Waals surface area (Å²) in [5, 5.41) is 6.20. The molecule has 4 heteroatoms. The molecule has 0 aliphatic rings. The van der Waals surface area contributed by atoms with Gasteiger partial charge in [-0.3, -0.25) is 9.59 Å². The van der Waals surface area contributed by atoms with Crippen molar-refractivity contribution in [2.45, 2.75) is 187 Å². The zero-order valence-electron chi connectivity index (χ0n) is 28.2. The molecule has 1 atom stereocenters. The lowest BCUT2D eigenvalue weighted by molar-refractivity contribution is -0.122. The largest absolute Gasteiger partial charge is 0.356 e. The summed E-state index contributed by atoms with van der Waals surface area (Å²) in [6.07, 6.45) is 42.3. The van der Waals surface area contributed by atoms with Gasteiger partial charge in [0.2, 0.25) is 11.8 Å². The second-order valence-corrected chi connectivity index (χ2v) is 12.2. The van der Waals surface area contributed by atoms with Crippen molar-refractivity contribution in [3.8, 4) is 0 Å². The number of allylic oxidation sites excluding steroid dienone is 6. The number of rotatable bonds is 31. The molecule has 2 amide bonds. The molecule has 0 saturated heterocycles. The van der Waals surface area contributed by atoms with Gasteiger partial charge >= 0.3 is 0 Å². The maximum Gasteiger partial charge on any atom is 0.220 e. The molecule has 0 spiro atoms. The summed E-state index contributed by atoms with van der Waals surface area (Å²) < 4.78 is 0. The Kier molecular flexibility index (Phi) is 32.2. The van der Waals surface area contributed by atoms with Gasteiger partial charge in [-0.05, 0) is 77.6 Å². The number of carbonyl (C=O) groups excluding carboxylic acids is 2. The summed E-state index contributed by atoms with van der Waals surface area (Å²) in [6.45, 7) is 7.34. The highest BCUT2D eigenvalue weighted by Crippen LogP contribution is 2.12. The van der Waals surface area contributed by atoms with Gasteiger partial charge in [-0.15, -0.1) is 0 Å². The van der Waals surface area contributed by atoms with Crippen LogP contribution in [0.5, 0.6) is 0 Å². The molecule has 0 saturated carbocycles. The molecule has 0 aliphatic carbocycles. The van der Waals surface area contributed by atoms with Crippen molar-refractivity contribution in [3.05, 3.63) is 36.5 Å². The summed E-state index contributed by atoms with van der Waals surface area (Å²) in [5.41, 5.74) is 0. The predicted molar refractivity (Wildman–Crippen MR) is 185 cm³/mol. The van der Waals surface area contributed by atoms with Crippen LogP contribution in [0, 0.1) is 0 Å². The van der Waals surface area contributed by atoms with Gasteiger partial charge in [0.25, 0.3) is 0 Å². The van der Waals surface area contributed by atoms with Gasteiger partial charge < -0.3 is 10.6 Å². The van der Waals surface area contributed by atoms with Crippen LogP contribution in [-0.2, 0) is 9.59 Å². The van der Waals surface area contributed by atoms with E-state index in [0.717, 1.165) is 64.3 Å². The van der Waals surface area contributed by atoms with Crippen LogP contribution in [0.3, 0.4) is 0 Å². The van der Waals surface area contributed by atoms with E-state index >= 15 is 0 Å². The van der Waals surface area contributed by atoms with Crippen molar-refractivity contribution in [2.75, 3.05) is 6.54 Å². The Morgan fingerprint density at radius 1 is 0.524 bits per heavy atom. The molecule has 244 valence electrons. The quantitative estimate of drug-likeness (QED) is 0.0627. The van der Waals surface area contributed by atoms with Crippen LogP contribution >= 0.6 is 0 Å². The second kappa shape index (κ2) is 33.7. The lowest BCUT2D eigenvalue weighted by Crippen LogP contribution is -2.32. The van der Waals surface area contributed by atoms with Crippen LogP contribution in [-0.4, -0.2) is 24.4 Å². The number of amides is 2. The van der Waals surface area contributed by atoms with E-state index in [2.05, 4.69) is 67.9 Å². The van der Waals surface area contributed by atoms with E-state index in [1.165, 1.54) is 89.9 Å². The van der Waals surface area contributed by atoms with E-state index in [4.69, 9.17) is 0 Å². The molecule has 0 fully saturated rings. The second-order valence-electron chi connectivity index (χ2n) is 12.2. The van der Waals surface area contributed by atoms with Crippen LogP contribution in [0.2, 0.25) is 0 Å². The zero-order chi connectivity index (χ0) is 30.8. The Labute approximate surface area is 262 Å². The molecule has 0 bridgehead atoms. The molecule has 42 heavy (non-hydrogen) atoms. The number of unbranched alkanes of at least 4 members (excludes halogenated alkanes) is 16. The fourth-order valence-electron chi connectivity index (χ4n) is 5.10. The lowest BCUT2D eigenvalue weighted by Gasteiger charge is -2.14. The van der Waals surface area contributed by atoms with Crippen molar-refractivity contribution in [1.29, 1.82) is 0 Å². The fraction of sp³-hybridized carbons (Fsp3) is 0.789. The van der Waals surface area contributed by atoms with Crippen molar-refractivity contribution in [3.63, 3.8) is 0 Å². The van der Waals surface area contributed by atoms with Crippen LogP contribution < -0.4 is 10.6 Å². The number of carbonyl (C=O) groups is 2. The van der Waals surface area contributed by atoms with E-state index in [-0.39, 0.29) is 17.9 Å². The van der Waals surface area contributed by atoms with Crippen LogP contribution in [0.15, 0.2) is 36.5 Å². The Morgan fingerprint density at radius 2 is 0.976 bits per heavy atom. The van der Waals surface area contributed by atoms with Gasteiger partial charge in [-0.1, -0.05) is 127 Å². The van der Waals surface area contributed by atoms with Crippen LogP contribution in [0.1, 0.15) is 181 Å². The van der Waals surface area contributed by atoms with E-state index in [9.17, 15) is 9.59 Å². The Bertz CT molecular complexity index is 683. The summed E-state index contributed by atoms with van der Waals surface area (Å²) in [7, 11) is 0. The van der Waals surface area contributed by atoms with Gasteiger partial charge in [0.05, 0.1) is 0 Å². The molecule has 0 aliphatic heterocycles. The Balaban J connectivity index is 3.50. The number of hydrogen-bond donors (Lipinski definition) is 2. The first-order valence-electron chi connectivity index (χ1n) is 18.1. The highest BCUT2D eigenvalue weighted by Gasteiger charge is 2.07. The third-order valence-electron chi connectivity index (χ3n) is 7.84. The SMILES string of the molecule is CCCCC/C=C\C/C=C\C/C=C\CCCCC(=O)N[C@H](C)CCCCNC(=O)CCCCCCCCCCCCC. The van der Waals surface area contributed by atoms with E-state index in [0.29, 0.717) is 12.8 Å². The fourth-order valence-corrected chi connectivity index (χ4v) is 5.10. The molecule has 0 aromatic heterocycles. The number of hydrogen-bond acceptors (Lipinski definition) is 2. The first-order chi connectivity index (χ1) is 20.6. The van der Waals surface area contributed by atoms with E-state index in [1.807, 2.05) is 0 Å². The average Bonchev–Trinajstić information content (AvgIpc) is 2.97. The monoisotopic (exact) mass is 587 g/mol. The molecule has 0 aromatic carbocycles. The molecule has 0 heterocycles. The zero-order valence-corrected chi connectivity index (χ0v) is 28.2. The van der Waals surface area contributed by atoms with Gasteiger partial charge in [0.1, 0.15) is 0 Å². The maximum absolute atomic E-state index is 12.2. The predicted octanol–water partition coefficient (Wildman–Crippen LogP) is 11.1. The first-order valence-corrected chi connectivity index (χ1v) is 18.1. The summed E-state index contributed by atoms with van der Waals surface area (Å²) in [6, 6.07) is 0.197. The molecule has 4 nitrogen and oxygen atoms in total. The van der Waals surface area contributed by atoms with E-state index in [1.54, 1.807) is 0 Å². The minimum absolute atomic E-state index is 0.164. The molecule has 0 unspecified atom stereocenters. The van der Waals surface area contributed by atoms with Crippen molar-refractivity contribution >= 4 is 11.8 Å². The molecular weight excluding hydrogens is 516 g/mol. The van der Waals surface area contributed by atoms with Crippen LogP contribution in [0.4, 0.5) is 0 Å². The average molecular weight is 587 g/mol. The molecule has 0 aromatic rings. The van der Waals surface area contributed by atoms with Crippen molar-refractivity contribution < 1.29 is 9.59 Å². The molecular formula is C38H70N2O2. The van der Waals surface area contributed by atoms with Gasteiger partial charge in [-0.25, -0.2) is 0 Å². The minimum atomic E-state index is 0.164. The smallest absolute Gasteiger partial charge is 0.220 e. The maximum atomic E-state index is 12.2. The third-order valence-corrected chi connectivity index (χ3v) is 7.84. The topological polar surface area (TPSA) is 58.2 Å². The molecule has 2 N–H and O–H groups in total. The van der Waals surface area contributed by atoms with E-state index < -0.39 is 0 Å². The van der Waals surface area contributed by atoms with Gasteiger partial charge in [0, 0.05) is 25.4 Å². The summed E-state index contributed by atoms with van der Waals surface area (Å²) in [5.74, 6) is 0.358. The van der Waals surface area contributed by atoms with Crippen molar-refractivity contribution in [2.24, 2.45) is 0 Å². The standard InChI is InChI=1S/C38H70N2O2/c1-4-6-8-10-12-14-16-17-18-19-21-23-25-27-29-34-38(42)40-36(3)32-30-31-35-39-37(41)33-28-26-24-22-20-15-13-11-9-7-5-2/h12,14,17-18,21,23,36H,4-11,13,15-16,19-20,22,24-35H2,1-3H3,(H,39,41)(H,40,42)/b14-12-,18-17-,23-21-/t36-/m1/s1. The molecule has 0 rings (SSSR count). The third kappa shape index (κ3) is 32.7. The minimum Gasteiger partial charge on any atom is -0.356 e. The molecule has 0 radical (unpaired) electrons. The lowest BCUT2D eigenvalue weighted by atomic mass is 10.1. The highest BCUT2D eigenvalue weighted by molar-refractivity contribution is 5.76.